The lowest BCUT2D eigenvalue weighted by molar-refractivity contribution is 0.00709. The highest BCUT2D eigenvalue weighted by Crippen LogP contribution is 2.19. The Labute approximate surface area is 159 Å². The van der Waals surface area contributed by atoms with Gasteiger partial charge in [-0.1, -0.05) is 12.1 Å². The fourth-order valence-electron chi connectivity index (χ4n) is 3.19. The topological polar surface area (TPSA) is 85.5 Å². The highest BCUT2D eigenvalue weighted by atomic mass is 16.5. The molecule has 27 heavy (non-hydrogen) atoms. The molecule has 3 rings (SSSR count). The molecular weight excluding hydrogens is 342 g/mol. The van der Waals surface area contributed by atoms with Gasteiger partial charge < -0.3 is 15.4 Å². The van der Waals surface area contributed by atoms with Crippen LogP contribution in [0.25, 0.3) is 11.3 Å². The molecule has 2 amide bonds. The van der Waals surface area contributed by atoms with E-state index in [9.17, 15) is 9.59 Å². The van der Waals surface area contributed by atoms with Crippen LogP contribution in [0.1, 0.15) is 46.4 Å². The molecular formula is C21H25N3O3. The van der Waals surface area contributed by atoms with Gasteiger partial charge in [-0.3, -0.25) is 14.6 Å². The van der Waals surface area contributed by atoms with Gasteiger partial charge in [-0.2, -0.15) is 0 Å². The summed E-state index contributed by atoms with van der Waals surface area (Å²) >= 11 is 0. The van der Waals surface area contributed by atoms with Crippen molar-refractivity contribution in [3.63, 3.8) is 0 Å². The Morgan fingerprint density at radius 1 is 1.15 bits per heavy atom. The van der Waals surface area contributed by atoms with Crippen molar-refractivity contribution in [3.05, 3.63) is 53.7 Å². The molecule has 1 aliphatic heterocycles. The normalized spacial score (nSPS) is 16.7. The van der Waals surface area contributed by atoms with E-state index in [1.54, 1.807) is 29.2 Å². The lowest BCUT2D eigenvalue weighted by Gasteiger charge is -2.25. The highest BCUT2D eigenvalue weighted by molar-refractivity contribution is 5.94. The van der Waals surface area contributed by atoms with Gasteiger partial charge in [0.15, 0.2) is 0 Å². The first kappa shape index (κ1) is 19.0. The third kappa shape index (κ3) is 4.92. The molecule has 0 spiro atoms. The van der Waals surface area contributed by atoms with E-state index in [4.69, 9.17) is 10.5 Å². The Bertz CT molecular complexity index is 781. The Hall–Kier alpha value is -2.73. The van der Waals surface area contributed by atoms with Crippen LogP contribution in [0.2, 0.25) is 0 Å². The summed E-state index contributed by atoms with van der Waals surface area (Å²) in [5.41, 5.74) is 7.83. The van der Waals surface area contributed by atoms with Crippen LogP contribution in [0.4, 0.5) is 0 Å². The van der Waals surface area contributed by atoms with Crippen molar-refractivity contribution >= 4 is 11.8 Å². The first-order valence-electron chi connectivity index (χ1n) is 9.28. The highest BCUT2D eigenvalue weighted by Gasteiger charge is 2.17. The summed E-state index contributed by atoms with van der Waals surface area (Å²) in [5, 5.41) is 0. The number of ether oxygens (including phenoxy) is 1. The van der Waals surface area contributed by atoms with E-state index in [-0.39, 0.29) is 12.0 Å². The van der Waals surface area contributed by atoms with Crippen molar-refractivity contribution in [2.75, 3.05) is 20.2 Å². The third-order valence-corrected chi connectivity index (χ3v) is 4.88. The number of benzene rings is 1. The molecule has 2 aromatic rings. The van der Waals surface area contributed by atoms with Crippen LogP contribution >= 0.6 is 0 Å². The molecule has 2 N–H and O–H groups in total. The van der Waals surface area contributed by atoms with Gasteiger partial charge >= 0.3 is 0 Å². The minimum Gasteiger partial charge on any atom is -0.378 e. The van der Waals surface area contributed by atoms with Crippen LogP contribution < -0.4 is 5.73 Å². The van der Waals surface area contributed by atoms with Crippen molar-refractivity contribution in [2.24, 2.45) is 5.73 Å². The largest absolute Gasteiger partial charge is 0.378 e. The molecule has 6 nitrogen and oxygen atoms in total. The Morgan fingerprint density at radius 2 is 1.89 bits per heavy atom. The molecule has 1 saturated heterocycles. The number of rotatable bonds is 6. The van der Waals surface area contributed by atoms with Crippen LogP contribution in [0.5, 0.6) is 0 Å². The molecule has 0 bridgehead atoms. The minimum absolute atomic E-state index is 0.00519. The molecule has 6 heteroatoms. The predicted octanol–water partition coefficient (Wildman–Crippen LogP) is 2.88. The Balaban J connectivity index is 1.60. The first-order chi connectivity index (χ1) is 13.0. The summed E-state index contributed by atoms with van der Waals surface area (Å²) in [6.07, 6.45) is 6.02. The number of hydrogen-bond donors (Lipinski definition) is 1. The fraction of sp³-hybridized carbons (Fsp3) is 0.381. The molecule has 0 unspecified atom stereocenters. The van der Waals surface area contributed by atoms with Gasteiger partial charge in [-0.05, 0) is 49.9 Å². The van der Waals surface area contributed by atoms with Crippen LogP contribution in [-0.2, 0) is 4.74 Å². The number of nitrogens with zero attached hydrogens (tertiary/aromatic N) is 2. The maximum Gasteiger partial charge on any atom is 0.253 e. The maximum absolute atomic E-state index is 12.6. The van der Waals surface area contributed by atoms with Crippen molar-refractivity contribution in [1.82, 2.24) is 9.88 Å². The molecule has 0 radical (unpaired) electrons. The zero-order valence-corrected chi connectivity index (χ0v) is 15.6. The van der Waals surface area contributed by atoms with Crippen molar-refractivity contribution < 1.29 is 14.3 Å². The lowest BCUT2D eigenvalue weighted by Crippen LogP contribution is -2.31. The number of hydrogen-bond acceptors (Lipinski definition) is 4. The number of pyridine rings is 1. The second-order valence-corrected chi connectivity index (χ2v) is 6.88. The molecule has 1 atom stereocenters. The van der Waals surface area contributed by atoms with Crippen molar-refractivity contribution in [1.29, 1.82) is 0 Å². The molecule has 1 aromatic carbocycles. The van der Waals surface area contributed by atoms with Gasteiger partial charge in [0.1, 0.15) is 0 Å². The smallest absolute Gasteiger partial charge is 0.253 e. The Morgan fingerprint density at radius 3 is 2.48 bits per heavy atom. The van der Waals surface area contributed by atoms with E-state index in [2.05, 4.69) is 4.98 Å². The number of aromatic nitrogens is 1. The van der Waals surface area contributed by atoms with Gasteiger partial charge in [0.25, 0.3) is 5.91 Å². The van der Waals surface area contributed by atoms with E-state index in [1.807, 2.05) is 19.2 Å². The standard InChI is InChI=1S/C21H25N3O3/c1-24(12-11-18-4-2-3-13-27-18)21(26)16-7-5-15(6-8-16)19-10-9-17(14-23-19)20(22)25/h5-10,14,18H,2-4,11-13H2,1H3,(H2,22,25)/t18-/m1/s1. The zero-order chi connectivity index (χ0) is 19.2. The van der Waals surface area contributed by atoms with Gasteiger partial charge in [0.2, 0.25) is 5.91 Å². The summed E-state index contributed by atoms with van der Waals surface area (Å²) in [4.78, 5) is 29.7. The van der Waals surface area contributed by atoms with E-state index in [0.717, 1.165) is 37.1 Å². The number of nitrogens with two attached hydrogens (primary N) is 1. The second-order valence-electron chi connectivity index (χ2n) is 6.88. The van der Waals surface area contributed by atoms with Gasteiger partial charge in [0, 0.05) is 37.5 Å². The monoisotopic (exact) mass is 367 g/mol. The van der Waals surface area contributed by atoms with Gasteiger partial charge in [-0.25, -0.2) is 0 Å². The number of primary amides is 1. The second kappa shape index (κ2) is 8.77. The van der Waals surface area contributed by atoms with Crippen LogP contribution in [-0.4, -0.2) is 48.0 Å². The minimum atomic E-state index is -0.503. The molecule has 0 saturated carbocycles. The third-order valence-electron chi connectivity index (χ3n) is 4.88. The molecule has 142 valence electrons. The summed E-state index contributed by atoms with van der Waals surface area (Å²) in [7, 11) is 1.82. The average molecular weight is 367 g/mol. The van der Waals surface area contributed by atoms with Gasteiger partial charge in [-0.15, -0.1) is 0 Å². The van der Waals surface area contributed by atoms with E-state index < -0.39 is 5.91 Å². The summed E-state index contributed by atoms with van der Waals surface area (Å²) in [5.74, 6) is -0.508. The predicted molar refractivity (Wildman–Crippen MR) is 103 cm³/mol. The quantitative estimate of drug-likeness (QED) is 0.851. The van der Waals surface area contributed by atoms with Crippen LogP contribution in [0.15, 0.2) is 42.6 Å². The molecule has 1 aromatic heterocycles. The summed E-state index contributed by atoms with van der Waals surface area (Å²) in [6.45, 7) is 1.51. The molecule has 0 aliphatic carbocycles. The summed E-state index contributed by atoms with van der Waals surface area (Å²) < 4.78 is 5.73. The number of carbonyl (C=O) groups is 2. The van der Waals surface area contributed by atoms with Crippen LogP contribution in [0, 0.1) is 0 Å². The lowest BCUT2D eigenvalue weighted by atomic mass is 10.1. The van der Waals surface area contributed by atoms with E-state index in [0.29, 0.717) is 17.7 Å². The van der Waals surface area contributed by atoms with E-state index in [1.165, 1.54) is 12.6 Å². The fourth-order valence-corrected chi connectivity index (χ4v) is 3.19. The maximum atomic E-state index is 12.6. The Kier molecular flexibility index (Phi) is 6.19. The zero-order valence-electron chi connectivity index (χ0n) is 15.6. The van der Waals surface area contributed by atoms with Crippen LogP contribution in [0.3, 0.4) is 0 Å². The van der Waals surface area contributed by atoms with Crippen molar-refractivity contribution in [2.45, 2.75) is 31.8 Å². The molecule has 2 heterocycles. The number of amides is 2. The molecule has 1 fully saturated rings. The SMILES string of the molecule is CN(CC[C@H]1CCCCO1)C(=O)c1ccc(-c2ccc(C(N)=O)cn2)cc1. The summed E-state index contributed by atoms with van der Waals surface area (Å²) in [6, 6.07) is 10.7. The van der Waals surface area contributed by atoms with Crippen molar-refractivity contribution in [3.8, 4) is 11.3 Å². The number of carbonyl (C=O) groups excluding carboxylic acids is 2. The average Bonchev–Trinajstić information content (AvgIpc) is 2.72. The van der Waals surface area contributed by atoms with Gasteiger partial charge in [0.05, 0.1) is 17.4 Å². The van der Waals surface area contributed by atoms with E-state index >= 15 is 0 Å². The molecule has 1 aliphatic rings. The first-order valence-corrected chi connectivity index (χ1v) is 9.28.